The van der Waals surface area contributed by atoms with Crippen LogP contribution in [0.4, 0.5) is 10.0 Å². The molecule has 4 saturated heterocycles. The first-order valence-corrected chi connectivity index (χ1v) is 28.7. The van der Waals surface area contributed by atoms with Crippen LogP contribution in [0.2, 0.25) is 0 Å². The van der Waals surface area contributed by atoms with E-state index in [9.17, 15) is 45.1 Å². The predicted molar refractivity (Wildman–Crippen MR) is 253 cm³/mol. The molecule has 12 rings (SSSR count). The van der Waals surface area contributed by atoms with E-state index in [1.807, 2.05) is 60.7 Å². The van der Waals surface area contributed by atoms with Crippen LogP contribution in [0, 0.1) is 11.8 Å². The molecule has 0 aliphatic carbocycles. The summed E-state index contributed by atoms with van der Waals surface area (Å²) in [5.41, 5.74) is 1.14. The van der Waals surface area contributed by atoms with Crippen LogP contribution in [0.25, 0.3) is 0 Å². The number of aliphatic hydroxyl groups is 2. The van der Waals surface area contributed by atoms with Crippen LogP contribution in [-0.2, 0) is 75.3 Å². The molecule has 8 unspecified atom stereocenters. The van der Waals surface area contributed by atoms with E-state index >= 15 is 0 Å². The van der Waals surface area contributed by atoms with E-state index in [1.54, 1.807) is 9.80 Å². The van der Waals surface area contributed by atoms with Gasteiger partial charge in [-0.1, -0.05) is 60.7 Å². The lowest BCUT2D eigenvalue weighted by Gasteiger charge is -2.42. The number of carbonyl (C=O) groups is 2. The van der Waals surface area contributed by atoms with Crippen molar-refractivity contribution in [3.05, 3.63) is 116 Å². The zero-order valence-corrected chi connectivity index (χ0v) is 40.5. The number of nitrogens with zero attached hydrogens (tertiary/aromatic N) is 5. The van der Waals surface area contributed by atoms with Crippen molar-refractivity contribution in [3.63, 3.8) is 0 Å². The van der Waals surface area contributed by atoms with E-state index in [2.05, 4.69) is 19.4 Å². The Balaban J connectivity index is 0.824. The van der Waals surface area contributed by atoms with Crippen molar-refractivity contribution in [3.8, 4) is 0 Å². The minimum absolute atomic E-state index is 0.0303. The Morgan fingerprint density at radius 2 is 1.06 bits per heavy atom. The number of sulfonamides is 3. The van der Waals surface area contributed by atoms with Crippen molar-refractivity contribution in [2.75, 3.05) is 16.9 Å². The standard InChI is InChI=1S/C45H43N7O12S5/c1-67(57,58)50(18-24-20-65-42-38(24)68(59,60)48-40(46-42)32-36(53)30-26-12-14-28(63-26)34(30)51(44(32)55)16-22-8-4-2-5-9-22)19-25-21-66-43-39(25)69(61,62)49-41(47-43)33-37(54)31-27-13-15-29(64-27)35(31)52(45(33)56)17-23-10-6-3-7-11-23/h2-11,20-21,26-31,34-35,53-54H,12-19H2,1H3,(H,46,48)(H,47,49). The molecule has 19 nitrogen and oxygen atoms in total. The molecule has 10 heterocycles. The molecule has 2 aromatic heterocycles. The first-order chi connectivity index (χ1) is 33.0. The second-order valence-electron chi connectivity index (χ2n) is 18.4. The molecule has 8 aliphatic rings. The quantitative estimate of drug-likeness (QED) is 0.160. The highest BCUT2D eigenvalue weighted by Crippen LogP contribution is 2.51. The molecule has 0 saturated carbocycles. The van der Waals surface area contributed by atoms with E-state index < -0.39 is 78.9 Å². The van der Waals surface area contributed by atoms with Crippen LogP contribution in [-0.4, -0.2) is 116 Å². The molecular weight excluding hydrogens is 991 g/mol. The van der Waals surface area contributed by atoms with Crippen molar-refractivity contribution in [2.45, 2.75) is 98.2 Å². The fourth-order valence-corrected chi connectivity index (χ4v) is 17.4. The van der Waals surface area contributed by atoms with Crippen LogP contribution < -0.4 is 10.6 Å². The smallest absolute Gasteiger partial charge is 0.287 e. The number of benzene rings is 2. The second-order valence-corrected chi connectivity index (χ2v) is 25.2. The second kappa shape index (κ2) is 16.0. The number of nitrogens with one attached hydrogen (secondary N) is 2. The van der Waals surface area contributed by atoms with E-state index in [4.69, 9.17) is 9.47 Å². The van der Waals surface area contributed by atoms with Gasteiger partial charge in [0.1, 0.15) is 42.5 Å². The number of anilines is 2. The molecule has 360 valence electrons. The molecule has 4 bridgehead atoms. The molecule has 2 amide bonds. The average molecular weight is 1030 g/mol. The van der Waals surface area contributed by atoms with Gasteiger partial charge in [-0.25, -0.2) is 8.42 Å². The number of ether oxygens (including phenoxy) is 2. The van der Waals surface area contributed by atoms with E-state index in [1.165, 1.54) is 10.8 Å². The summed E-state index contributed by atoms with van der Waals surface area (Å²) in [5.74, 6) is -3.79. The highest BCUT2D eigenvalue weighted by molar-refractivity contribution is 7.91. The number of hydrogen-bond donors (Lipinski definition) is 4. The van der Waals surface area contributed by atoms with Crippen molar-refractivity contribution < 1.29 is 54.5 Å². The number of thiophene rings is 2. The third-order valence-corrected chi connectivity index (χ3v) is 20.5. The molecule has 24 heteroatoms. The van der Waals surface area contributed by atoms with E-state index in [0.29, 0.717) is 25.7 Å². The molecular formula is C45H43N7O12S5. The van der Waals surface area contributed by atoms with Gasteiger partial charge in [0, 0.05) is 37.3 Å². The van der Waals surface area contributed by atoms with Gasteiger partial charge in [0.2, 0.25) is 10.0 Å². The van der Waals surface area contributed by atoms with Gasteiger partial charge in [-0.3, -0.25) is 9.59 Å². The van der Waals surface area contributed by atoms with Crippen molar-refractivity contribution in [1.82, 2.24) is 14.1 Å². The summed E-state index contributed by atoms with van der Waals surface area (Å²) in [5, 5.41) is 32.3. The predicted octanol–water partition coefficient (Wildman–Crippen LogP) is 4.60. The van der Waals surface area contributed by atoms with E-state index in [-0.39, 0.29) is 103 Å². The molecule has 8 atom stereocenters. The first kappa shape index (κ1) is 44.7. The lowest BCUT2D eigenvalue weighted by atomic mass is 9.78. The molecule has 4 fully saturated rings. The zero-order chi connectivity index (χ0) is 47.9. The topological polar surface area (TPSA) is 254 Å². The Hall–Kier alpha value is -5.47. The maximum atomic E-state index is 14.4. The third-order valence-electron chi connectivity index (χ3n) is 14.3. The maximum Gasteiger partial charge on any atom is 0.287 e. The third kappa shape index (κ3) is 7.19. The lowest BCUT2D eigenvalue weighted by molar-refractivity contribution is -0.134. The Kier molecular flexibility index (Phi) is 10.4. The molecule has 2 aromatic carbocycles. The summed E-state index contributed by atoms with van der Waals surface area (Å²) in [7, 11) is -13.5. The number of carbonyl (C=O) groups excluding carboxylic acids is 2. The fourth-order valence-electron chi connectivity index (χ4n) is 11.4. The first-order valence-electron chi connectivity index (χ1n) is 22.2. The van der Waals surface area contributed by atoms with Crippen LogP contribution in [0.15, 0.2) is 113 Å². The fraction of sp³-hybridized carbons (Fsp3) is 0.378. The van der Waals surface area contributed by atoms with Gasteiger partial charge in [0.15, 0.2) is 11.7 Å². The molecule has 69 heavy (non-hydrogen) atoms. The summed E-state index contributed by atoms with van der Waals surface area (Å²) in [6, 6.07) is 17.7. The molecule has 0 spiro atoms. The van der Waals surface area contributed by atoms with Crippen LogP contribution in [0.5, 0.6) is 0 Å². The highest BCUT2D eigenvalue weighted by Gasteiger charge is 2.60. The van der Waals surface area contributed by atoms with Gasteiger partial charge in [0.05, 0.1) is 54.6 Å². The molecule has 0 radical (unpaired) electrons. The normalized spacial score (nSPS) is 29.4. The summed E-state index contributed by atoms with van der Waals surface area (Å²) in [6.45, 7) is -0.676. The number of amides is 2. The number of fused-ring (bicyclic) bond motifs is 12. The molecule has 8 aliphatic heterocycles. The maximum absolute atomic E-state index is 14.4. The minimum Gasteiger partial charge on any atom is -0.511 e. The van der Waals surface area contributed by atoms with Crippen molar-refractivity contribution in [2.24, 2.45) is 20.6 Å². The lowest BCUT2D eigenvalue weighted by Crippen LogP contribution is -2.55. The number of hydrogen-bond acceptors (Lipinski definition) is 16. The van der Waals surface area contributed by atoms with Gasteiger partial charge in [-0.05, 0) is 47.6 Å². The Morgan fingerprint density at radius 3 is 1.45 bits per heavy atom. The van der Waals surface area contributed by atoms with E-state index in [0.717, 1.165) is 44.4 Å². The number of rotatable bonds is 11. The number of amidine groups is 2. The van der Waals surface area contributed by atoms with Gasteiger partial charge in [-0.2, -0.15) is 21.1 Å². The van der Waals surface area contributed by atoms with Gasteiger partial charge >= 0.3 is 0 Å². The summed E-state index contributed by atoms with van der Waals surface area (Å²) >= 11 is 1.87. The monoisotopic (exact) mass is 1030 g/mol. The summed E-state index contributed by atoms with van der Waals surface area (Å²) in [6.07, 6.45) is 2.29. The average Bonchev–Trinajstić information content (AvgIpc) is 4.18. The van der Waals surface area contributed by atoms with Crippen molar-refractivity contribution >= 4 is 86.2 Å². The van der Waals surface area contributed by atoms with Gasteiger partial charge in [0.25, 0.3) is 31.9 Å². The molecule has 4 N–H and O–H groups in total. The number of aliphatic hydroxyl groups excluding tert-OH is 2. The van der Waals surface area contributed by atoms with Gasteiger partial charge < -0.3 is 40.1 Å². The largest absolute Gasteiger partial charge is 0.511 e. The van der Waals surface area contributed by atoms with Crippen LogP contribution >= 0.6 is 22.7 Å². The Morgan fingerprint density at radius 1 is 0.667 bits per heavy atom. The van der Waals surface area contributed by atoms with Gasteiger partial charge in [-0.15, -0.1) is 31.5 Å². The SMILES string of the molecule is CS(=O)(=O)N(Cc1csc2c1S(=O)(=O)N=C(C1=C(O)C3C4CCC(O4)C3N(Cc3ccccc3)C1=O)N2)Cc1csc2c1S(=O)(=O)N=C(C1=C(O)C3C4CCC(O4)C3N(Cc3ccccc3)C1=O)N2. The van der Waals surface area contributed by atoms with Crippen LogP contribution in [0.1, 0.15) is 47.9 Å². The summed E-state index contributed by atoms with van der Waals surface area (Å²) < 4.78 is 105. The van der Waals surface area contributed by atoms with Crippen LogP contribution in [0.3, 0.4) is 0 Å². The Labute approximate surface area is 404 Å². The summed E-state index contributed by atoms with van der Waals surface area (Å²) in [4.78, 5) is 31.3. The molecule has 4 aromatic rings. The highest BCUT2D eigenvalue weighted by atomic mass is 32.2. The zero-order valence-electron chi connectivity index (χ0n) is 36.5. The van der Waals surface area contributed by atoms with Crippen molar-refractivity contribution in [1.29, 1.82) is 0 Å². The Bertz CT molecular complexity index is 3150. The minimum atomic E-state index is -4.64.